The molecule has 1 atom stereocenters. The molecule has 0 saturated heterocycles. The van der Waals surface area contributed by atoms with Crippen molar-refractivity contribution >= 4 is 11.9 Å². The molecular weight excluding hydrogens is 194 g/mol. The highest BCUT2D eigenvalue weighted by atomic mass is 16.3. The maximum atomic E-state index is 9.69. The lowest BCUT2D eigenvalue weighted by Gasteiger charge is -2.22. The van der Waals surface area contributed by atoms with Gasteiger partial charge in [-0.2, -0.15) is 4.98 Å². The fraction of sp³-hybridized carbons (Fsp3) is 0.778. The number of hydrogen-bond donors (Lipinski definition) is 4. The van der Waals surface area contributed by atoms with Gasteiger partial charge in [-0.05, 0) is 11.8 Å². The van der Waals surface area contributed by atoms with Crippen LogP contribution in [0.25, 0.3) is 0 Å². The molecule has 0 aliphatic carbocycles. The molecule has 15 heavy (non-hydrogen) atoms. The summed E-state index contributed by atoms with van der Waals surface area (Å²) in [6, 6.07) is 0. The predicted octanol–water partition coefficient (Wildman–Crippen LogP) is 0.596. The highest BCUT2D eigenvalue weighted by Crippen LogP contribution is 2.20. The Labute approximate surface area is 89.3 Å². The van der Waals surface area contributed by atoms with Crippen LogP contribution in [0.1, 0.15) is 27.2 Å². The molecule has 1 aromatic heterocycles. The number of aromatic amines is 1. The van der Waals surface area contributed by atoms with Crippen LogP contribution in [0, 0.1) is 5.41 Å². The molecule has 86 valence electrons. The molecule has 0 saturated carbocycles. The molecule has 1 aromatic rings. The smallest absolute Gasteiger partial charge is 0.243 e. The van der Waals surface area contributed by atoms with E-state index in [0.717, 1.165) is 6.42 Å². The first kappa shape index (κ1) is 11.8. The van der Waals surface area contributed by atoms with Crippen LogP contribution in [0.4, 0.5) is 11.9 Å². The molecule has 0 amide bonds. The van der Waals surface area contributed by atoms with E-state index in [2.05, 4.69) is 41.3 Å². The fourth-order valence-corrected chi connectivity index (χ4v) is 1.34. The molecule has 0 radical (unpaired) electrons. The fourth-order valence-electron chi connectivity index (χ4n) is 1.34. The Morgan fingerprint density at radius 3 is 2.67 bits per heavy atom. The molecule has 0 bridgehead atoms. The van der Waals surface area contributed by atoms with Crippen molar-refractivity contribution in [1.82, 2.24) is 15.2 Å². The van der Waals surface area contributed by atoms with Crippen molar-refractivity contribution in [3.63, 3.8) is 0 Å². The first-order valence-corrected chi connectivity index (χ1v) is 4.96. The second kappa shape index (κ2) is 4.48. The van der Waals surface area contributed by atoms with Gasteiger partial charge in [0.05, 0.1) is 6.10 Å². The SMILES string of the molecule is CC(C)(C)CC(O)CNc1n[nH]c(N)n1. The van der Waals surface area contributed by atoms with Gasteiger partial charge in [-0.3, -0.25) is 0 Å². The van der Waals surface area contributed by atoms with Crippen LogP contribution in [-0.2, 0) is 0 Å². The van der Waals surface area contributed by atoms with Crippen LogP contribution >= 0.6 is 0 Å². The maximum absolute atomic E-state index is 9.69. The Morgan fingerprint density at radius 2 is 2.20 bits per heavy atom. The van der Waals surface area contributed by atoms with Crippen molar-refractivity contribution in [3.05, 3.63) is 0 Å². The van der Waals surface area contributed by atoms with Crippen molar-refractivity contribution in [2.24, 2.45) is 5.41 Å². The van der Waals surface area contributed by atoms with E-state index in [1.165, 1.54) is 0 Å². The number of anilines is 2. The molecule has 0 aromatic carbocycles. The van der Waals surface area contributed by atoms with Gasteiger partial charge in [-0.1, -0.05) is 20.8 Å². The average Bonchev–Trinajstić information content (AvgIpc) is 2.45. The summed E-state index contributed by atoms with van der Waals surface area (Å²) in [4.78, 5) is 3.87. The van der Waals surface area contributed by atoms with Gasteiger partial charge in [0.15, 0.2) is 0 Å². The normalized spacial score (nSPS) is 13.9. The third kappa shape index (κ3) is 4.64. The zero-order valence-corrected chi connectivity index (χ0v) is 9.41. The zero-order chi connectivity index (χ0) is 11.5. The Kier molecular flexibility index (Phi) is 3.52. The Morgan fingerprint density at radius 1 is 1.53 bits per heavy atom. The molecule has 1 rings (SSSR count). The van der Waals surface area contributed by atoms with Crippen LogP contribution < -0.4 is 11.1 Å². The van der Waals surface area contributed by atoms with Crippen molar-refractivity contribution in [2.45, 2.75) is 33.3 Å². The minimum absolute atomic E-state index is 0.110. The third-order valence-corrected chi connectivity index (χ3v) is 1.85. The molecular formula is C9H19N5O. The minimum Gasteiger partial charge on any atom is -0.391 e. The van der Waals surface area contributed by atoms with Gasteiger partial charge in [0.25, 0.3) is 0 Å². The van der Waals surface area contributed by atoms with Crippen molar-refractivity contribution in [3.8, 4) is 0 Å². The van der Waals surface area contributed by atoms with E-state index in [-0.39, 0.29) is 11.4 Å². The largest absolute Gasteiger partial charge is 0.391 e. The molecule has 5 N–H and O–H groups in total. The summed E-state index contributed by atoms with van der Waals surface area (Å²) in [7, 11) is 0. The van der Waals surface area contributed by atoms with Crippen molar-refractivity contribution in [2.75, 3.05) is 17.6 Å². The summed E-state index contributed by atoms with van der Waals surface area (Å²) >= 11 is 0. The van der Waals surface area contributed by atoms with E-state index in [1.54, 1.807) is 0 Å². The Bertz CT molecular complexity index is 304. The number of hydrogen-bond acceptors (Lipinski definition) is 5. The van der Waals surface area contributed by atoms with Gasteiger partial charge in [0.1, 0.15) is 0 Å². The molecule has 1 unspecified atom stereocenters. The number of aromatic nitrogens is 3. The number of nitrogens with two attached hydrogens (primary N) is 1. The topological polar surface area (TPSA) is 99.8 Å². The lowest BCUT2D eigenvalue weighted by molar-refractivity contribution is 0.132. The molecule has 0 spiro atoms. The van der Waals surface area contributed by atoms with Crippen molar-refractivity contribution < 1.29 is 5.11 Å². The number of rotatable bonds is 4. The second-order valence-corrected chi connectivity index (χ2v) is 4.84. The first-order valence-electron chi connectivity index (χ1n) is 4.96. The van der Waals surface area contributed by atoms with Crippen LogP contribution in [0.5, 0.6) is 0 Å². The standard InChI is InChI=1S/C9H19N5O/c1-9(2,3)4-6(15)5-11-8-12-7(10)13-14-8/h6,15H,4-5H2,1-3H3,(H4,10,11,12,13,14). The lowest BCUT2D eigenvalue weighted by Crippen LogP contribution is -2.25. The van der Waals surface area contributed by atoms with E-state index in [4.69, 9.17) is 5.73 Å². The number of H-pyrrole nitrogens is 1. The summed E-state index contributed by atoms with van der Waals surface area (Å²) in [5, 5.41) is 18.9. The van der Waals surface area contributed by atoms with Gasteiger partial charge < -0.3 is 16.2 Å². The van der Waals surface area contributed by atoms with E-state index in [9.17, 15) is 5.11 Å². The third-order valence-electron chi connectivity index (χ3n) is 1.85. The van der Waals surface area contributed by atoms with Gasteiger partial charge >= 0.3 is 0 Å². The van der Waals surface area contributed by atoms with Crippen molar-refractivity contribution in [1.29, 1.82) is 0 Å². The van der Waals surface area contributed by atoms with E-state index in [1.807, 2.05) is 0 Å². The number of nitrogen functional groups attached to an aromatic ring is 1. The van der Waals surface area contributed by atoms with E-state index >= 15 is 0 Å². The van der Waals surface area contributed by atoms with Gasteiger partial charge in [-0.25, -0.2) is 5.10 Å². The molecule has 0 fully saturated rings. The van der Waals surface area contributed by atoms with Crippen LogP contribution in [0.3, 0.4) is 0 Å². The number of aliphatic hydroxyl groups is 1. The maximum Gasteiger partial charge on any atom is 0.243 e. The van der Waals surface area contributed by atoms with Crippen LogP contribution in [0.2, 0.25) is 0 Å². The summed E-state index contributed by atoms with van der Waals surface area (Å²) in [5.74, 6) is 0.684. The van der Waals surface area contributed by atoms with Gasteiger partial charge in [0, 0.05) is 6.54 Å². The second-order valence-electron chi connectivity index (χ2n) is 4.84. The van der Waals surface area contributed by atoms with Gasteiger partial charge in [-0.15, -0.1) is 5.10 Å². The molecule has 6 heteroatoms. The number of aliphatic hydroxyl groups excluding tert-OH is 1. The highest BCUT2D eigenvalue weighted by Gasteiger charge is 2.16. The van der Waals surface area contributed by atoms with Gasteiger partial charge in [0.2, 0.25) is 11.9 Å². The molecule has 0 aliphatic heterocycles. The highest BCUT2D eigenvalue weighted by molar-refractivity contribution is 5.29. The number of nitrogens with one attached hydrogen (secondary N) is 2. The summed E-state index contributed by atoms with van der Waals surface area (Å²) < 4.78 is 0. The summed E-state index contributed by atoms with van der Waals surface area (Å²) in [6.45, 7) is 6.68. The lowest BCUT2D eigenvalue weighted by atomic mass is 9.89. The van der Waals surface area contributed by atoms with Crippen LogP contribution in [-0.4, -0.2) is 32.9 Å². The predicted molar refractivity (Wildman–Crippen MR) is 59.4 cm³/mol. The van der Waals surface area contributed by atoms with Crippen LogP contribution in [0.15, 0.2) is 0 Å². The first-order chi connectivity index (χ1) is 6.87. The summed E-state index contributed by atoms with van der Waals surface area (Å²) in [5.41, 5.74) is 5.47. The quantitative estimate of drug-likeness (QED) is 0.586. The average molecular weight is 213 g/mol. The minimum atomic E-state index is -0.412. The number of nitrogens with zero attached hydrogens (tertiary/aromatic N) is 2. The Balaban J connectivity index is 2.31. The van der Waals surface area contributed by atoms with E-state index < -0.39 is 6.10 Å². The molecule has 0 aliphatic rings. The summed E-state index contributed by atoms with van der Waals surface area (Å²) in [6.07, 6.45) is 0.310. The zero-order valence-electron chi connectivity index (χ0n) is 9.41. The molecule has 6 nitrogen and oxygen atoms in total. The molecule has 1 heterocycles. The monoisotopic (exact) mass is 213 g/mol. The Hall–Kier alpha value is -1.30. The van der Waals surface area contributed by atoms with E-state index in [0.29, 0.717) is 12.5 Å².